The van der Waals surface area contributed by atoms with Crippen molar-refractivity contribution in [2.24, 2.45) is 0 Å². The van der Waals surface area contributed by atoms with Gasteiger partial charge in [-0.25, -0.2) is 4.79 Å². The van der Waals surface area contributed by atoms with Crippen molar-refractivity contribution < 1.29 is 13.9 Å². The van der Waals surface area contributed by atoms with Crippen LogP contribution >= 0.6 is 0 Å². The highest BCUT2D eigenvalue weighted by Crippen LogP contribution is 2.22. The lowest BCUT2D eigenvalue weighted by molar-refractivity contribution is 0.142. The maximum atomic E-state index is 11.6. The first kappa shape index (κ1) is 14.4. The molecule has 2 rings (SSSR count). The number of nitrogens with zero attached hydrogens (tertiary/aromatic N) is 1. The topological polar surface area (TPSA) is 54.7 Å². The van der Waals surface area contributed by atoms with Crippen molar-refractivity contribution in [1.29, 1.82) is 0 Å². The van der Waals surface area contributed by atoms with Crippen molar-refractivity contribution in [2.45, 2.75) is 13.8 Å². The fourth-order valence-corrected chi connectivity index (χ4v) is 1.99. The van der Waals surface area contributed by atoms with Crippen LogP contribution in [0.1, 0.15) is 13.8 Å². The summed E-state index contributed by atoms with van der Waals surface area (Å²) in [5, 5.41) is 3.54. The summed E-state index contributed by atoms with van der Waals surface area (Å²) in [4.78, 5) is 13.8. The second-order valence-electron chi connectivity index (χ2n) is 4.44. The second-order valence-corrected chi connectivity index (χ2v) is 4.44. The highest BCUT2D eigenvalue weighted by Gasteiger charge is 2.08. The summed E-state index contributed by atoms with van der Waals surface area (Å²) >= 11 is 0. The molecule has 0 bridgehead atoms. The number of carbonyl (C=O) groups excluding carboxylic acids is 1. The average Bonchev–Trinajstić information content (AvgIpc) is 2.85. The lowest BCUT2D eigenvalue weighted by atomic mass is 10.3. The number of anilines is 1. The minimum absolute atomic E-state index is 0.369. The van der Waals surface area contributed by atoms with Crippen LogP contribution in [-0.4, -0.2) is 37.2 Å². The first-order valence-corrected chi connectivity index (χ1v) is 6.87. The number of furan rings is 1. The highest BCUT2D eigenvalue weighted by molar-refractivity contribution is 5.88. The summed E-state index contributed by atoms with van der Waals surface area (Å²) in [5.74, 6) is 0.402. The Balaban J connectivity index is 1.82. The number of fused-ring (bicyclic) bond motifs is 1. The number of hydrogen-bond acceptors (Lipinski definition) is 4. The largest absolute Gasteiger partial charge is 0.448 e. The maximum Gasteiger partial charge on any atom is 0.414 e. The van der Waals surface area contributed by atoms with Gasteiger partial charge < -0.3 is 14.1 Å². The fourth-order valence-electron chi connectivity index (χ4n) is 1.99. The predicted molar refractivity (Wildman–Crippen MR) is 79.0 cm³/mol. The van der Waals surface area contributed by atoms with E-state index in [0.29, 0.717) is 12.5 Å². The zero-order valence-electron chi connectivity index (χ0n) is 11.9. The van der Waals surface area contributed by atoms with Gasteiger partial charge in [-0.15, -0.1) is 0 Å². The first-order valence-electron chi connectivity index (χ1n) is 6.87. The number of nitrogens with one attached hydrogen (secondary N) is 1. The van der Waals surface area contributed by atoms with Crippen LogP contribution in [0.5, 0.6) is 0 Å². The molecule has 0 saturated carbocycles. The Morgan fingerprint density at radius 2 is 2.05 bits per heavy atom. The zero-order valence-corrected chi connectivity index (χ0v) is 11.9. The molecule has 1 amide bonds. The molecular formula is C15H20N2O3. The summed E-state index contributed by atoms with van der Waals surface area (Å²) in [6, 6.07) is 9.37. The van der Waals surface area contributed by atoms with Gasteiger partial charge in [-0.3, -0.25) is 5.32 Å². The van der Waals surface area contributed by atoms with Crippen molar-refractivity contribution in [1.82, 2.24) is 4.90 Å². The molecule has 5 nitrogen and oxygen atoms in total. The second kappa shape index (κ2) is 6.96. The zero-order chi connectivity index (χ0) is 14.4. The lowest BCUT2D eigenvalue weighted by Gasteiger charge is -2.17. The van der Waals surface area contributed by atoms with E-state index in [-0.39, 0.29) is 0 Å². The van der Waals surface area contributed by atoms with Crippen LogP contribution in [0.4, 0.5) is 10.7 Å². The number of likely N-dealkylation sites (N-methyl/N-ethyl adjacent to an activating group) is 1. The molecule has 0 saturated heterocycles. The Morgan fingerprint density at radius 1 is 1.30 bits per heavy atom. The van der Waals surface area contributed by atoms with E-state index in [2.05, 4.69) is 24.1 Å². The van der Waals surface area contributed by atoms with Crippen LogP contribution in [0, 0.1) is 0 Å². The predicted octanol–water partition coefficient (Wildman–Crippen LogP) is 3.32. The van der Waals surface area contributed by atoms with Gasteiger partial charge in [0.15, 0.2) is 0 Å². The molecule has 1 heterocycles. The normalized spacial score (nSPS) is 10.9. The van der Waals surface area contributed by atoms with Crippen LogP contribution in [0.25, 0.3) is 11.0 Å². The smallest absolute Gasteiger partial charge is 0.414 e. The SMILES string of the molecule is CCN(CC)CCOC(=O)Nc1cc2ccccc2o1. The summed E-state index contributed by atoms with van der Waals surface area (Å²) in [7, 11) is 0. The van der Waals surface area contributed by atoms with E-state index in [4.69, 9.17) is 9.15 Å². The number of hydrogen-bond donors (Lipinski definition) is 1. The van der Waals surface area contributed by atoms with Gasteiger partial charge in [-0.1, -0.05) is 32.0 Å². The maximum absolute atomic E-state index is 11.6. The van der Waals surface area contributed by atoms with Crippen molar-refractivity contribution in [2.75, 3.05) is 31.6 Å². The Hall–Kier alpha value is -2.01. The van der Waals surface area contributed by atoms with E-state index in [9.17, 15) is 4.79 Å². The van der Waals surface area contributed by atoms with Crippen LogP contribution in [0.3, 0.4) is 0 Å². The Bertz CT molecular complexity index is 528. The standard InChI is InChI=1S/C15H20N2O3/c1-3-17(4-2)9-10-19-15(18)16-14-11-12-7-5-6-8-13(12)20-14/h5-8,11H,3-4,9-10H2,1-2H3,(H,16,18). The number of para-hydroxylation sites is 1. The Labute approximate surface area is 118 Å². The molecule has 0 radical (unpaired) electrons. The van der Waals surface area contributed by atoms with Crippen molar-refractivity contribution in [3.05, 3.63) is 30.3 Å². The third kappa shape index (κ3) is 3.74. The van der Waals surface area contributed by atoms with E-state index in [1.807, 2.05) is 24.3 Å². The third-order valence-corrected chi connectivity index (χ3v) is 3.19. The fraction of sp³-hybridized carbons (Fsp3) is 0.400. The highest BCUT2D eigenvalue weighted by atomic mass is 16.6. The molecule has 20 heavy (non-hydrogen) atoms. The summed E-state index contributed by atoms with van der Waals surface area (Å²) in [6.45, 7) is 7.17. The quantitative estimate of drug-likeness (QED) is 0.879. The molecule has 0 aliphatic carbocycles. The van der Waals surface area contributed by atoms with E-state index < -0.39 is 6.09 Å². The minimum Gasteiger partial charge on any atom is -0.448 e. The number of carbonyl (C=O) groups is 1. The molecule has 0 spiro atoms. The van der Waals surface area contributed by atoms with Gasteiger partial charge in [-0.2, -0.15) is 0 Å². The number of rotatable bonds is 6. The molecule has 0 aliphatic heterocycles. The third-order valence-electron chi connectivity index (χ3n) is 3.19. The molecule has 0 fully saturated rings. The molecule has 1 aromatic heterocycles. The van der Waals surface area contributed by atoms with Gasteiger partial charge in [0.1, 0.15) is 12.2 Å². The molecular weight excluding hydrogens is 256 g/mol. The lowest BCUT2D eigenvalue weighted by Crippen LogP contribution is -2.28. The van der Waals surface area contributed by atoms with Crippen LogP contribution in [0.15, 0.2) is 34.7 Å². The molecule has 0 aliphatic rings. The summed E-state index contributed by atoms with van der Waals surface area (Å²) < 4.78 is 10.6. The molecule has 0 atom stereocenters. The van der Waals surface area contributed by atoms with E-state index >= 15 is 0 Å². The summed E-state index contributed by atoms with van der Waals surface area (Å²) in [6.07, 6.45) is -0.490. The van der Waals surface area contributed by atoms with Gasteiger partial charge in [0.25, 0.3) is 0 Å². The number of ether oxygens (including phenoxy) is 1. The molecule has 5 heteroatoms. The van der Waals surface area contributed by atoms with Gasteiger partial charge >= 0.3 is 6.09 Å². The van der Waals surface area contributed by atoms with Crippen LogP contribution < -0.4 is 5.32 Å². The van der Waals surface area contributed by atoms with Crippen molar-refractivity contribution in [3.8, 4) is 0 Å². The number of amides is 1. The van der Waals surface area contributed by atoms with E-state index in [0.717, 1.165) is 30.6 Å². The monoisotopic (exact) mass is 276 g/mol. The Morgan fingerprint density at radius 3 is 2.75 bits per heavy atom. The van der Waals surface area contributed by atoms with E-state index in [1.54, 1.807) is 6.07 Å². The van der Waals surface area contributed by atoms with Crippen molar-refractivity contribution >= 4 is 22.9 Å². The minimum atomic E-state index is -0.490. The molecule has 0 unspecified atom stereocenters. The summed E-state index contributed by atoms with van der Waals surface area (Å²) in [5.41, 5.74) is 0.742. The molecule has 1 N–H and O–H groups in total. The van der Waals surface area contributed by atoms with Gasteiger partial charge in [0, 0.05) is 18.0 Å². The van der Waals surface area contributed by atoms with Gasteiger partial charge in [0.2, 0.25) is 5.88 Å². The van der Waals surface area contributed by atoms with Crippen LogP contribution in [0.2, 0.25) is 0 Å². The van der Waals surface area contributed by atoms with Crippen LogP contribution in [-0.2, 0) is 4.74 Å². The first-order chi connectivity index (χ1) is 9.72. The van der Waals surface area contributed by atoms with Gasteiger partial charge in [0.05, 0.1) is 0 Å². The van der Waals surface area contributed by atoms with E-state index in [1.165, 1.54) is 0 Å². The van der Waals surface area contributed by atoms with Gasteiger partial charge in [-0.05, 0) is 19.2 Å². The molecule has 108 valence electrons. The Kier molecular flexibility index (Phi) is 5.01. The number of benzene rings is 1. The van der Waals surface area contributed by atoms with Crippen molar-refractivity contribution in [3.63, 3.8) is 0 Å². The molecule has 2 aromatic rings. The molecule has 1 aromatic carbocycles. The average molecular weight is 276 g/mol.